The molecule has 0 amide bonds. The molecule has 0 atom stereocenters. The van der Waals surface area contributed by atoms with Crippen molar-refractivity contribution in [2.75, 3.05) is 13.2 Å². The summed E-state index contributed by atoms with van der Waals surface area (Å²) in [5.41, 5.74) is 7.89. The molecular weight excluding hydrogens is 296 g/mol. The van der Waals surface area contributed by atoms with Crippen LogP contribution in [-0.4, -0.2) is 13.2 Å². The number of rotatable bonds is 2. The summed E-state index contributed by atoms with van der Waals surface area (Å²) in [6.45, 7) is 10.4. The molecule has 24 heavy (non-hydrogen) atoms. The molecule has 2 heteroatoms. The van der Waals surface area contributed by atoms with Gasteiger partial charge in [0.2, 0.25) is 0 Å². The molecule has 2 aromatic carbocycles. The van der Waals surface area contributed by atoms with E-state index in [1.165, 1.54) is 33.4 Å². The smallest absolute Gasteiger partial charge is 0.127 e. The molecule has 0 aromatic heterocycles. The van der Waals surface area contributed by atoms with Crippen LogP contribution >= 0.6 is 0 Å². The Labute approximate surface area is 145 Å². The van der Waals surface area contributed by atoms with E-state index < -0.39 is 0 Å². The molecule has 0 radical (unpaired) electrons. The van der Waals surface area contributed by atoms with Crippen LogP contribution in [0.1, 0.15) is 48.9 Å². The number of ether oxygens (including phenoxy) is 2. The number of benzene rings is 2. The van der Waals surface area contributed by atoms with Crippen molar-refractivity contribution >= 4 is 0 Å². The summed E-state index contributed by atoms with van der Waals surface area (Å²) >= 11 is 0. The normalized spacial score (nSPS) is 14.2. The van der Waals surface area contributed by atoms with Crippen LogP contribution in [0.5, 0.6) is 11.5 Å². The van der Waals surface area contributed by atoms with Crippen LogP contribution in [0.15, 0.2) is 24.3 Å². The third-order valence-corrected chi connectivity index (χ3v) is 5.03. The summed E-state index contributed by atoms with van der Waals surface area (Å²) in [4.78, 5) is 0. The zero-order chi connectivity index (χ0) is 17.1. The Morgan fingerprint density at radius 1 is 0.708 bits per heavy atom. The van der Waals surface area contributed by atoms with Crippen molar-refractivity contribution in [3.8, 4) is 22.6 Å². The van der Waals surface area contributed by atoms with E-state index in [-0.39, 0.29) is 0 Å². The van der Waals surface area contributed by atoms with E-state index in [1.807, 2.05) is 0 Å². The fourth-order valence-corrected chi connectivity index (χ4v) is 3.73. The number of fused-ring (bicyclic) bond motifs is 3. The van der Waals surface area contributed by atoms with Crippen molar-refractivity contribution in [3.63, 3.8) is 0 Å². The third kappa shape index (κ3) is 3.02. The maximum Gasteiger partial charge on any atom is 0.127 e. The molecule has 0 aliphatic carbocycles. The van der Waals surface area contributed by atoms with E-state index in [0.717, 1.165) is 50.4 Å². The van der Waals surface area contributed by atoms with Gasteiger partial charge in [-0.3, -0.25) is 0 Å². The summed E-state index contributed by atoms with van der Waals surface area (Å²) < 4.78 is 12.4. The topological polar surface area (TPSA) is 18.5 Å². The molecule has 0 spiro atoms. The third-order valence-electron chi connectivity index (χ3n) is 5.03. The van der Waals surface area contributed by atoms with E-state index in [1.54, 1.807) is 0 Å². The van der Waals surface area contributed by atoms with Crippen molar-refractivity contribution in [3.05, 3.63) is 46.5 Å². The zero-order valence-electron chi connectivity index (χ0n) is 15.4. The summed E-state index contributed by atoms with van der Waals surface area (Å²) in [5.74, 6) is 2.01. The van der Waals surface area contributed by atoms with Gasteiger partial charge < -0.3 is 9.47 Å². The minimum atomic E-state index is 0.755. The van der Waals surface area contributed by atoms with Crippen LogP contribution in [0.4, 0.5) is 0 Å². The SMILES string of the molecule is CCc1c(C)ccc2c1-c1c(ccc(C)c1CC)OCCCCO2. The Morgan fingerprint density at radius 2 is 1.12 bits per heavy atom. The highest BCUT2D eigenvalue weighted by atomic mass is 16.5. The molecule has 1 aliphatic rings. The molecule has 0 fully saturated rings. The van der Waals surface area contributed by atoms with E-state index in [9.17, 15) is 0 Å². The quantitative estimate of drug-likeness (QED) is 0.711. The first-order valence-electron chi connectivity index (χ1n) is 9.18. The molecule has 0 unspecified atom stereocenters. The molecule has 2 nitrogen and oxygen atoms in total. The Hall–Kier alpha value is -1.96. The largest absolute Gasteiger partial charge is 0.493 e. The lowest BCUT2D eigenvalue weighted by molar-refractivity contribution is 0.263. The molecule has 3 rings (SSSR count). The fourth-order valence-electron chi connectivity index (χ4n) is 3.73. The van der Waals surface area contributed by atoms with Gasteiger partial charge in [0.05, 0.1) is 13.2 Å². The van der Waals surface area contributed by atoms with Crippen LogP contribution in [0.3, 0.4) is 0 Å². The van der Waals surface area contributed by atoms with Crippen molar-refractivity contribution in [1.29, 1.82) is 0 Å². The predicted molar refractivity (Wildman–Crippen MR) is 100 cm³/mol. The molecule has 0 saturated heterocycles. The van der Waals surface area contributed by atoms with E-state index in [0.29, 0.717) is 0 Å². The van der Waals surface area contributed by atoms with E-state index in [2.05, 4.69) is 52.0 Å². The van der Waals surface area contributed by atoms with Gasteiger partial charge >= 0.3 is 0 Å². The lowest BCUT2D eigenvalue weighted by Gasteiger charge is -2.24. The van der Waals surface area contributed by atoms with Gasteiger partial charge in [-0.05, 0) is 73.9 Å². The highest BCUT2D eigenvalue weighted by Crippen LogP contribution is 2.44. The van der Waals surface area contributed by atoms with Gasteiger partial charge in [-0.15, -0.1) is 0 Å². The Kier molecular flexibility index (Phi) is 5.13. The van der Waals surface area contributed by atoms with Crippen LogP contribution < -0.4 is 9.47 Å². The molecule has 0 saturated carbocycles. The van der Waals surface area contributed by atoms with E-state index in [4.69, 9.17) is 9.47 Å². The Bertz CT molecular complexity index is 668. The second-order valence-electron chi connectivity index (χ2n) is 6.58. The summed E-state index contributed by atoms with van der Waals surface area (Å²) in [6, 6.07) is 8.64. The van der Waals surface area contributed by atoms with Crippen LogP contribution in [0.2, 0.25) is 0 Å². The van der Waals surface area contributed by atoms with Crippen molar-refractivity contribution in [2.24, 2.45) is 0 Å². The van der Waals surface area contributed by atoms with Crippen molar-refractivity contribution in [1.82, 2.24) is 0 Å². The van der Waals surface area contributed by atoms with Crippen LogP contribution in [-0.2, 0) is 12.8 Å². The average molecular weight is 324 g/mol. The van der Waals surface area contributed by atoms with Gasteiger partial charge in [-0.25, -0.2) is 0 Å². The number of aryl methyl sites for hydroxylation is 2. The van der Waals surface area contributed by atoms with Crippen molar-refractivity contribution in [2.45, 2.75) is 53.4 Å². The lowest BCUT2D eigenvalue weighted by Crippen LogP contribution is -2.09. The van der Waals surface area contributed by atoms with Gasteiger partial charge in [0.15, 0.2) is 0 Å². The van der Waals surface area contributed by atoms with E-state index >= 15 is 0 Å². The fraction of sp³-hybridized carbons (Fsp3) is 0.455. The molecule has 128 valence electrons. The minimum absolute atomic E-state index is 0.755. The maximum absolute atomic E-state index is 6.20. The van der Waals surface area contributed by atoms with Gasteiger partial charge in [0, 0.05) is 11.1 Å². The minimum Gasteiger partial charge on any atom is -0.493 e. The molecule has 1 aliphatic heterocycles. The lowest BCUT2D eigenvalue weighted by atomic mass is 9.87. The average Bonchev–Trinajstić information content (AvgIpc) is 2.59. The second kappa shape index (κ2) is 7.29. The van der Waals surface area contributed by atoms with Gasteiger partial charge in [0.25, 0.3) is 0 Å². The maximum atomic E-state index is 6.20. The first-order valence-corrected chi connectivity index (χ1v) is 9.18. The standard InChI is InChI=1S/C22H28O2/c1-5-17-15(3)9-11-19-21(17)22-18(6-2)16(4)10-12-20(22)24-14-8-7-13-23-19/h9-12H,5-8,13-14H2,1-4H3. The van der Waals surface area contributed by atoms with Gasteiger partial charge in [-0.2, -0.15) is 0 Å². The molecular formula is C22H28O2. The van der Waals surface area contributed by atoms with Crippen LogP contribution in [0, 0.1) is 13.8 Å². The number of hydrogen-bond acceptors (Lipinski definition) is 2. The molecule has 0 bridgehead atoms. The molecule has 2 aromatic rings. The second-order valence-corrected chi connectivity index (χ2v) is 6.58. The Balaban J connectivity index is 2.36. The van der Waals surface area contributed by atoms with Gasteiger partial charge in [-0.1, -0.05) is 26.0 Å². The highest BCUT2D eigenvalue weighted by molar-refractivity contribution is 5.83. The molecule has 0 N–H and O–H groups in total. The monoisotopic (exact) mass is 324 g/mol. The Morgan fingerprint density at radius 3 is 1.50 bits per heavy atom. The summed E-state index contributed by atoms with van der Waals surface area (Å²) in [7, 11) is 0. The number of hydrogen-bond donors (Lipinski definition) is 0. The first kappa shape index (κ1) is 16.9. The van der Waals surface area contributed by atoms with Crippen molar-refractivity contribution < 1.29 is 9.47 Å². The van der Waals surface area contributed by atoms with Gasteiger partial charge in [0.1, 0.15) is 11.5 Å². The first-order chi connectivity index (χ1) is 11.7. The predicted octanol–water partition coefficient (Wildman–Crippen LogP) is 5.65. The molecule has 1 heterocycles. The summed E-state index contributed by atoms with van der Waals surface area (Å²) in [5, 5.41) is 0. The highest BCUT2D eigenvalue weighted by Gasteiger charge is 2.22. The van der Waals surface area contributed by atoms with Crippen LogP contribution in [0.25, 0.3) is 11.1 Å². The summed E-state index contributed by atoms with van der Waals surface area (Å²) in [6.07, 6.45) is 4.04. The zero-order valence-corrected chi connectivity index (χ0v) is 15.4.